The van der Waals surface area contributed by atoms with Crippen molar-refractivity contribution in [2.45, 2.75) is 18.9 Å². The molecule has 0 radical (unpaired) electrons. The smallest absolute Gasteiger partial charge is 0.407 e. The molecule has 0 bridgehead atoms. The van der Waals surface area contributed by atoms with Crippen LogP contribution in [0.1, 0.15) is 12.8 Å². The number of piperidine rings is 1. The van der Waals surface area contributed by atoms with Crippen LogP contribution in [0.15, 0.2) is 5.11 Å². The fourth-order valence-corrected chi connectivity index (χ4v) is 1.30. The minimum Gasteiger partial charge on any atom is -0.465 e. The lowest BCUT2D eigenvalue weighted by molar-refractivity contribution is 0.131. The summed E-state index contributed by atoms with van der Waals surface area (Å²) in [6.45, 7) is 0.881. The number of carboxylic acid groups (broad SMARTS) is 1. The first-order valence-electron chi connectivity index (χ1n) is 3.76. The van der Waals surface area contributed by atoms with E-state index in [4.69, 9.17) is 10.6 Å². The number of nitrogens with zero attached hydrogens (tertiary/aromatic N) is 4. The molecule has 12 heavy (non-hydrogen) atoms. The SMILES string of the molecule is [N-]=[N+]=NC1CCCN(C(=O)O)C1. The molecular weight excluding hydrogens is 160 g/mol. The van der Waals surface area contributed by atoms with Gasteiger partial charge in [-0.15, -0.1) is 0 Å². The predicted molar refractivity (Wildman–Crippen MR) is 41.8 cm³/mol. The van der Waals surface area contributed by atoms with E-state index < -0.39 is 6.09 Å². The van der Waals surface area contributed by atoms with Gasteiger partial charge in [-0.3, -0.25) is 0 Å². The lowest BCUT2D eigenvalue weighted by atomic mass is 10.1. The Hall–Kier alpha value is -1.42. The minimum atomic E-state index is -0.937. The molecule has 1 atom stereocenters. The third kappa shape index (κ3) is 2.03. The zero-order valence-corrected chi connectivity index (χ0v) is 6.55. The average molecular weight is 170 g/mol. The minimum absolute atomic E-state index is 0.181. The highest BCUT2D eigenvalue weighted by molar-refractivity contribution is 5.65. The number of azide groups is 1. The molecule has 0 saturated carbocycles. The zero-order chi connectivity index (χ0) is 8.97. The molecule has 1 heterocycles. The molecule has 6 nitrogen and oxygen atoms in total. The normalized spacial score (nSPS) is 23.0. The second-order valence-corrected chi connectivity index (χ2v) is 2.73. The fourth-order valence-electron chi connectivity index (χ4n) is 1.30. The molecule has 1 aliphatic rings. The summed E-state index contributed by atoms with van der Waals surface area (Å²) in [7, 11) is 0. The summed E-state index contributed by atoms with van der Waals surface area (Å²) < 4.78 is 0. The van der Waals surface area contributed by atoms with E-state index in [-0.39, 0.29) is 6.04 Å². The van der Waals surface area contributed by atoms with Crippen molar-refractivity contribution >= 4 is 6.09 Å². The van der Waals surface area contributed by atoms with E-state index in [9.17, 15) is 4.79 Å². The highest BCUT2D eigenvalue weighted by Crippen LogP contribution is 2.12. The van der Waals surface area contributed by atoms with E-state index >= 15 is 0 Å². The molecule has 0 spiro atoms. The molecule has 6 heteroatoms. The fraction of sp³-hybridized carbons (Fsp3) is 0.833. The Balaban J connectivity index is 2.51. The number of hydrogen-bond acceptors (Lipinski definition) is 2. The molecule has 1 unspecified atom stereocenters. The highest BCUT2D eigenvalue weighted by Gasteiger charge is 2.21. The summed E-state index contributed by atoms with van der Waals surface area (Å²) in [5, 5.41) is 12.1. The molecule has 0 aromatic carbocycles. The van der Waals surface area contributed by atoms with Gasteiger partial charge >= 0.3 is 6.09 Å². The predicted octanol–water partition coefficient (Wildman–Crippen LogP) is 1.44. The van der Waals surface area contributed by atoms with Crippen LogP contribution in [0.3, 0.4) is 0 Å². The Labute approximate surface area is 69.4 Å². The van der Waals surface area contributed by atoms with Crippen LogP contribution in [0.4, 0.5) is 4.79 Å². The van der Waals surface area contributed by atoms with Crippen LogP contribution in [0, 0.1) is 0 Å². The van der Waals surface area contributed by atoms with Crippen LogP contribution in [-0.4, -0.2) is 35.2 Å². The van der Waals surface area contributed by atoms with Gasteiger partial charge in [0.15, 0.2) is 0 Å². The van der Waals surface area contributed by atoms with Crippen LogP contribution < -0.4 is 0 Å². The van der Waals surface area contributed by atoms with E-state index in [1.165, 1.54) is 4.90 Å². The Bertz CT molecular complexity index is 216. The highest BCUT2D eigenvalue weighted by atomic mass is 16.4. The second-order valence-electron chi connectivity index (χ2n) is 2.73. The van der Waals surface area contributed by atoms with E-state index in [1.54, 1.807) is 0 Å². The lowest BCUT2D eigenvalue weighted by Crippen LogP contribution is -2.40. The molecule has 0 aromatic rings. The first-order valence-corrected chi connectivity index (χ1v) is 3.76. The summed E-state index contributed by atoms with van der Waals surface area (Å²) in [5.74, 6) is 0. The molecule has 1 rings (SSSR count). The van der Waals surface area contributed by atoms with E-state index in [2.05, 4.69) is 10.0 Å². The maximum absolute atomic E-state index is 10.5. The summed E-state index contributed by atoms with van der Waals surface area (Å²) in [5.41, 5.74) is 8.14. The van der Waals surface area contributed by atoms with Gasteiger partial charge < -0.3 is 10.0 Å². The second kappa shape index (κ2) is 3.82. The molecule has 0 aliphatic carbocycles. The van der Waals surface area contributed by atoms with Gasteiger partial charge in [-0.1, -0.05) is 5.11 Å². The van der Waals surface area contributed by atoms with Crippen molar-refractivity contribution in [3.63, 3.8) is 0 Å². The Kier molecular flexibility index (Phi) is 2.76. The quantitative estimate of drug-likeness (QED) is 0.366. The molecule has 1 fully saturated rings. The molecule has 1 N–H and O–H groups in total. The van der Waals surface area contributed by atoms with Crippen molar-refractivity contribution in [1.82, 2.24) is 4.90 Å². The van der Waals surface area contributed by atoms with Gasteiger partial charge in [0.1, 0.15) is 0 Å². The van der Waals surface area contributed by atoms with Crippen molar-refractivity contribution in [2.24, 2.45) is 5.11 Å². The van der Waals surface area contributed by atoms with Gasteiger partial charge in [0.05, 0.1) is 6.04 Å². The van der Waals surface area contributed by atoms with Crippen molar-refractivity contribution in [3.05, 3.63) is 10.4 Å². The third-order valence-corrected chi connectivity index (χ3v) is 1.88. The molecule has 1 saturated heterocycles. The van der Waals surface area contributed by atoms with E-state index in [1.807, 2.05) is 0 Å². The number of amides is 1. The Morgan fingerprint density at radius 3 is 3.08 bits per heavy atom. The van der Waals surface area contributed by atoms with Crippen molar-refractivity contribution in [3.8, 4) is 0 Å². The van der Waals surface area contributed by atoms with Gasteiger partial charge in [-0.2, -0.15) is 0 Å². The molecular formula is C6H10N4O2. The Morgan fingerprint density at radius 2 is 2.50 bits per heavy atom. The standard InChI is InChI=1S/C6H10N4O2/c7-9-8-5-2-1-3-10(4-5)6(11)12/h5H,1-4H2,(H,11,12). The topological polar surface area (TPSA) is 89.3 Å². The van der Waals surface area contributed by atoms with Crippen LogP contribution >= 0.6 is 0 Å². The van der Waals surface area contributed by atoms with Gasteiger partial charge in [-0.05, 0) is 18.4 Å². The summed E-state index contributed by atoms with van der Waals surface area (Å²) in [4.78, 5) is 14.4. The molecule has 1 amide bonds. The van der Waals surface area contributed by atoms with Crippen LogP contribution in [-0.2, 0) is 0 Å². The van der Waals surface area contributed by atoms with Crippen molar-refractivity contribution < 1.29 is 9.90 Å². The van der Waals surface area contributed by atoms with Crippen LogP contribution in [0.5, 0.6) is 0 Å². The van der Waals surface area contributed by atoms with E-state index in [0.717, 1.165) is 12.8 Å². The van der Waals surface area contributed by atoms with E-state index in [0.29, 0.717) is 13.1 Å². The average Bonchev–Trinajstić information content (AvgIpc) is 2.05. The van der Waals surface area contributed by atoms with Crippen molar-refractivity contribution in [1.29, 1.82) is 0 Å². The number of rotatable bonds is 1. The zero-order valence-electron chi connectivity index (χ0n) is 6.55. The van der Waals surface area contributed by atoms with Gasteiger partial charge in [0.25, 0.3) is 0 Å². The summed E-state index contributed by atoms with van der Waals surface area (Å²) >= 11 is 0. The number of carbonyl (C=O) groups is 1. The molecule has 1 aliphatic heterocycles. The van der Waals surface area contributed by atoms with Crippen molar-refractivity contribution in [2.75, 3.05) is 13.1 Å². The monoisotopic (exact) mass is 170 g/mol. The number of likely N-dealkylation sites (tertiary alicyclic amines) is 1. The van der Waals surface area contributed by atoms with Gasteiger partial charge in [-0.25, -0.2) is 4.79 Å². The number of hydrogen-bond donors (Lipinski definition) is 1. The molecule has 66 valence electrons. The lowest BCUT2D eigenvalue weighted by Gasteiger charge is -2.27. The molecule has 0 aromatic heterocycles. The maximum atomic E-state index is 10.5. The van der Waals surface area contributed by atoms with Gasteiger partial charge in [0.2, 0.25) is 0 Å². The summed E-state index contributed by atoms with van der Waals surface area (Å²) in [6.07, 6.45) is 0.622. The Morgan fingerprint density at radius 1 is 1.75 bits per heavy atom. The van der Waals surface area contributed by atoms with Crippen LogP contribution in [0.2, 0.25) is 0 Å². The van der Waals surface area contributed by atoms with Crippen LogP contribution in [0.25, 0.3) is 10.4 Å². The maximum Gasteiger partial charge on any atom is 0.407 e. The third-order valence-electron chi connectivity index (χ3n) is 1.88. The largest absolute Gasteiger partial charge is 0.465 e. The summed E-state index contributed by atoms with van der Waals surface area (Å²) in [6, 6.07) is -0.181. The van der Waals surface area contributed by atoms with Gasteiger partial charge in [0, 0.05) is 18.0 Å². The first-order chi connectivity index (χ1) is 5.74. The first kappa shape index (κ1) is 8.67.